The molecule has 0 aromatic carbocycles. The normalized spacial score (nSPS) is 24.3. The molecular formula is C14H26N2O3. The Morgan fingerprint density at radius 3 is 2.42 bits per heavy atom. The van der Waals surface area contributed by atoms with Crippen LogP contribution < -0.4 is 5.32 Å². The van der Waals surface area contributed by atoms with Crippen LogP contribution in [0.25, 0.3) is 0 Å². The second-order valence-electron chi connectivity index (χ2n) is 6.16. The number of carboxylic acids is 1. The molecule has 0 aliphatic heterocycles. The summed E-state index contributed by atoms with van der Waals surface area (Å²) in [6.07, 6.45) is 4.57. The third kappa shape index (κ3) is 4.20. The van der Waals surface area contributed by atoms with Crippen molar-refractivity contribution in [3.63, 3.8) is 0 Å². The van der Waals surface area contributed by atoms with Gasteiger partial charge in [0.2, 0.25) is 5.91 Å². The number of amides is 1. The summed E-state index contributed by atoms with van der Waals surface area (Å²) < 4.78 is 0. The fraction of sp³-hybridized carbons (Fsp3) is 0.857. The zero-order valence-electron chi connectivity index (χ0n) is 12.4. The minimum atomic E-state index is -1.03. The third-order valence-corrected chi connectivity index (χ3v) is 4.32. The van der Waals surface area contributed by atoms with E-state index in [1.807, 2.05) is 0 Å². The van der Waals surface area contributed by atoms with Crippen LogP contribution in [0.4, 0.5) is 0 Å². The summed E-state index contributed by atoms with van der Waals surface area (Å²) in [6.45, 7) is 5.48. The van der Waals surface area contributed by atoms with Gasteiger partial charge in [0.15, 0.2) is 0 Å². The van der Waals surface area contributed by atoms with Crippen molar-refractivity contribution in [2.75, 3.05) is 13.6 Å². The van der Waals surface area contributed by atoms with Crippen molar-refractivity contribution < 1.29 is 14.7 Å². The van der Waals surface area contributed by atoms with E-state index in [4.69, 9.17) is 5.11 Å². The second kappa shape index (κ2) is 6.37. The summed E-state index contributed by atoms with van der Waals surface area (Å²) in [5.41, 5.74) is -1.03. The van der Waals surface area contributed by atoms with Gasteiger partial charge in [-0.2, -0.15) is 0 Å². The predicted molar refractivity (Wildman–Crippen MR) is 73.9 cm³/mol. The Labute approximate surface area is 115 Å². The van der Waals surface area contributed by atoms with Crippen molar-refractivity contribution in [1.29, 1.82) is 0 Å². The van der Waals surface area contributed by atoms with Crippen molar-refractivity contribution >= 4 is 11.9 Å². The molecule has 1 rings (SSSR count). The molecule has 1 amide bonds. The molecule has 0 spiro atoms. The van der Waals surface area contributed by atoms with Crippen LogP contribution in [-0.4, -0.2) is 47.1 Å². The zero-order valence-corrected chi connectivity index (χ0v) is 12.4. The average Bonchev–Trinajstić information content (AvgIpc) is 2.31. The number of nitrogens with one attached hydrogen (secondary N) is 1. The summed E-state index contributed by atoms with van der Waals surface area (Å²) in [5, 5.41) is 12.2. The molecule has 1 aliphatic rings. The summed E-state index contributed by atoms with van der Waals surface area (Å²) in [4.78, 5) is 24.7. The van der Waals surface area contributed by atoms with Gasteiger partial charge in [-0.1, -0.05) is 19.8 Å². The lowest BCUT2D eigenvalue weighted by atomic mass is 9.86. The Morgan fingerprint density at radius 2 is 1.89 bits per heavy atom. The lowest BCUT2D eigenvalue weighted by molar-refractivity contribution is -0.149. The molecule has 5 heteroatoms. The first-order chi connectivity index (χ1) is 8.75. The van der Waals surface area contributed by atoms with Gasteiger partial charge in [-0.3, -0.25) is 14.5 Å². The summed E-state index contributed by atoms with van der Waals surface area (Å²) in [5.74, 6) is -0.500. The molecule has 5 nitrogen and oxygen atoms in total. The summed E-state index contributed by atoms with van der Waals surface area (Å²) in [7, 11) is 1.66. The van der Waals surface area contributed by atoms with Gasteiger partial charge in [0.25, 0.3) is 0 Å². The molecule has 2 atom stereocenters. The van der Waals surface area contributed by atoms with Crippen LogP contribution in [-0.2, 0) is 9.59 Å². The van der Waals surface area contributed by atoms with Crippen LogP contribution >= 0.6 is 0 Å². The van der Waals surface area contributed by atoms with Crippen LogP contribution in [0.5, 0.6) is 0 Å². The molecule has 2 N–H and O–H groups in total. The molecule has 2 unspecified atom stereocenters. The van der Waals surface area contributed by atoms with Crippen LogP contribution in [0, 0.1) is 5.92 Å². The van der Waals surface area contributed by atoms with Gasteiger partial charge < -0.3 is 10.4 Å². The van der Waals surface area contributed by atoms with Crippen molar-refractivity contribution in [2.45, 2.75) is 58.0 Å². The Hall–Kier alpha value is -1.10. The Balaban J connectivity index is 2.48. The standard InChI is InChI=1S/C14H26N2O3/c1-10-7-5-6-8-11(10)15-12(17)9-16(4)14(2,3)13(18)19/h10-11H,5-9H2,1-4H3,(H,15,17)(H,18,19). The van der Waals surface area contributed by atoms with Crippen LogP contribution in [0.2, 0.25) is 0 Å². The first-order valence-corrected chi connectivity index (χ1v) is 6.99. The van der Waals surface area contributed by atoms with Crippen LogP contribution in [0.1, 0.15) is 46.5 Å². The molecule has 1 aliphatic carbocycles. The number of likely N-dealkylation sites (N-methyl/N-ethyl adjacent to an activating group) is 1. The molecule has 1 fully saturated rings. The van der Waals surface area contributed by atoms with Gasteiger partial charge >= 0.3 is 5.97 Å². The fourth-order valence-corrected chi connectivity index (χ4v) is 2.36. The molecule has 0 saturated heterocycles. The molecule has 0 heterocycles. The summed E-state index contributed by atoms with van der Waals surface area (Å²) in [6, 6.07) is 0.239. The van der Waals surface area contributed by atoms with Crippen LogP contribution in [0.3, 0.4) is 0 Å². The highest BCUT2D eigenvalue weighted by molar-refractivity contribution is 5.81. The molecule has 19 heavy (non-hydrogen) atoms. The molecule has 1 saturated carbocycles. The number of hydrogen-bond donors (Lipinski definition) is 2. The number of nitrogens with zero attached hydrogens (tertiary/aromatic N) is 1. The maximum absolute atomic E-state index is 12.0. The molecule has 0 aromatic heterocycles. The van der Waals surface area contributed by atoms with E-state index in [0.717, 1.165) is 19.3 Å². The highest BCUT2D eigenvalue weighted by Crippen LogP contribution is 2.23. The van der Waals surface area contributed by atoms with Gasteiger partial charge in [0, 0.05) is 6.04 Å². The SMILES string of the molecule is CC1CCCCC1NC(=O)CN(C)C(C)(C)C(=O)O. The fourth-order valence-electron chi connectivity index (χ4n) is 2.36. The topological polar surface area (TPSA) is 69.6 Å². The lowest BCUT2D eigenvalue weighted by Gasteiger charge is -2.33. The summed E-state index contributed by atoms with van der Waals surface area (Å²) >= 11 is 0. The van der Waals surface area contributed by atoms with E-state index in [1.54, 1.807) is 25.8 Å². The molecular weight excluding hydrogens is 244 g/mol. The van der Waals surface area contributed by atoms with E-state index in [0.29, 0.717) is 5.92 Å². The van der Waals surface area contributed by atoms with Gasteiger partial charge in [-0.05, 0) is 39.7 Å². The smallest absolute Gasteiger partial charge is 0.323 e. The highest BCUT2D eigenvalue weighted by atomic mass is 16.4. The van der Waals surface area contributed by atoms with Gasteiger partial charge in [-0.25, -0.2) is 0 Å². The predicted octanol–water partition coefficient (Wildman–Crippen LogP) is 1.48. The van der Waals surface area contributed by atoms with Gasteiger partial charge in [0.05, 0.1) is 6.54 Å². The first kappa shape index (κ1) is 16.0. The molecule has 0 bridgehead atoms. The van der Waals surface area contributed by atoms with E-state index in [1.165, 1.54) is 6.42 Å². The Kier molecular flexibility index (Phi) is 5.35. The van der Waals surface area contributed by atoms with Gasteiger partial charge in [-0.15, -0.1) is 0 Å². The second-order valence-corrected chi connectivity index (χ2v) is 6.16. The quantitative estimate of drug-likeness (QED) is 0.794. The maximum atomic E-state index is 12.0. The van der Waals surface area contributed by atoms with Crippen molar-refractivity contribution in [3.8, 4) is 0 Å². The van der Waals surface area contributed by atoms with Crippen LogP contribution in [0.15, 0.2) is 0 Å². The molecule has 110 valence electrons. The number of carboxylic acid groups (broad SMARTS) is 1. The monoisotopic (exact) mass is 270 g/mol. The maximum Gasteiger partial charge on any atom is 0.323 e. The number of carbonyl (C=O) groups is 2. The molecule has 0 radical (unpaired) electrons. The third-order valence-electron chi connectivity index (χ3n) is 4.32. The van der Waals surface area contributed by atoms with E-state index < -0.39 is 11.5 Å². The van der Waals surface area contributed by atoms with E-state index >= 15 is 0 Å². The highest BCUT2D eigenvalue weighted by Gasteiger charge is 2.33. The number of rotatable bonds is 5. The molecule has 0 aromatic rings. The Bertz CT molecular complexity index is 342. The number of aliphatic carboxylic acids is 1. The number of hydrogen-bond acceptors (Lipinski definition) is 3. The number of carbonyl (C=O) groups excluding carboxylic acids is 1. The van der Waals surface area contributed by atoms with E-state index in [9.17, 15) is 9.59 Å². The minimum Gasteiger partial charge on any atom is -0.480 e. The largest absolute Gasteiger partial charge is 0.480 e. The van der Waals surface area contributed by atoms with E-state index in [2.05, 4.69) is 12.2 Å². The van der Waals surface area contributed by atoms with Crippen molar-refractivity contribution in [2.24, 2.45) is 5.92 Å². The zero-order chi connectivity index (χ0) is 14.6. The Morgan fingerprint density at radius 1 is 1.32 bits per heavy atom. The average molecular weight is 270 g/mol. The van der Waals surface area contributed by atoms with Gasteiger partial charge in [0.1, 0.15) is 5.54 Å². The lowest BCUT2D eigenvalue weighted by Crippen LogP contribution is -2.53. The minimum absolute atomic E-state index is 0.0874. The first-order valence-electron chi connectivity index (χ1n) is 6.99. The van der Waals surface area contributed by atoms with Crippen molar-refractivity contribution in [1.82, 2.24) is 10.2 Å². The van der Waals surface area contributed by atoms with Crippen molar-refractivity contribution in [3.05, 3.63) is 0 Å². The van der Waals surface area contributed by atoms with E-state index in [-0.39, 0.29) is 18.5 Å².